The van der Waals surface area contributed by atoms with Gasteiger partial charge < -0.3 is 10.4 Å². The number of nitrogens with zero attached hydrogens (tertiary/aromatic N) is 1. The number of hydrogen-bond donors (Lipinski definition) is 2. The first-order valence-corrected chi connectivity index (χ1v) is 6.44. The van der Waals surface area contributed by atoms with Crippen molar-refractivity contribution in [2.24, 2.45) is 11.8 Å². The van der Waals surface area contributed by atoms with Gasteiger partial charge in [0.2, 0.25) is 5.91 Å². The van der Waals surface area contributed by atoms with Crippen molar-refractivity contribution in [1.29, 1.82) is 5.26 Å². The van der Waals surface area contributed by atoms with Crippen molar-refractivity contribution in [3.63, 3.8) is 0 Å². The number of aliphatic hydroxyl groups excluding tert-OH is 1. The van der Waals surface area contributed by atoms with Gasteiger partial charge in [0.25, 0.3) is 0 Å². The summed E-state index contributed by atoms with van der Waals surface area (Å²) in [5, 5.41) is 21.7. The minimum atomic E-state index is -0.620. The highest BCUT2D eigenvalue weighted by Crippen LogP contribution is 2.19. The molecule has 1 aliphatic rings. The Kier molecular flexibility index (Phi) is 5.43. The van der Waals surface area contributed by atoms with Crippen molar-refractivity contribution in [2.75, 3.05) is 0 Å². The number of nitriles is 1. The molecule has 1 saturated carbocycles. The Bertz CT molecular complexity index is 296. The summed E-state index contributed by atoms with van der Waals surface area (Å²) >= 11 is 0. The van der Waals surface area contributed by atoms with Crippen LogP contribution in [0.1, 0.15) is 46.0 Å². The minimum Gasteiger partial charge on any atom is -0.391 e. The van der Waals surface area contributed by atoms with Crippen LogP contribution in [0.4, 0.5) is 0 Å². The summed E-state index contributed by atoms with van der Waals surface area (Å²) in [5.74, 6) is -0.859. The van der Waals surface area contributed by atoms with E-state index < -0.39 is 12.0 Å². The fourth-order valence-electron chi connectivity index (χ4n) is 2.24. The lowest BCUT2D eigenvalue weighted by Gasteiger charge is -2.23. The topological polar surface area (TPSA) is 73.1 Å². The fourth-order valence-corrected chi connectivity index (χ4v) is 2.24. The van der Waals surface area contributed by atoms with Crippen molar-refractivity contribution in [2.45, 2.75) is 58.1 Å². The average molecular weight is 238 g/mol. The van der Waals surface area contributed by atoms with Gasteiger partial charge in [0.1, 0.15) is 5.92 Å². The summed E-state index contributed by atoms with van der Waals surface area (Å²) in [4.78, 5) is 11.9. The predicted octanol–water partition coefficient (Wildman–Crippen LogP) is 1.59. The van der Waals surface area contributed by atoms with Gasteiger partial charge in [0.15, 0.2) is 0 Å². The van der Waals surface area contributed by atoms with Crippen LogP contribution in [0.25, 0.3) is 0 Å². The first kappa shape index (κ1) is 14.0. The van der Waals surface area contributed by atoms with E-state index in [1.165, 1.54) is 0 Å². The molecule has 96 valence electrons. The second-order valence-electron chi connectivity index (χ2n) is 5.17. The molecule has 0 heterocycles. The zero-order valence-corrected chi connectivity index (χ0v) is 10.6. The van der Waals surface area contributed by atoms with Gasteiger partial charge in [-0.05, 0) is 18.8 Å². The number of carbonyl (C=O) groups excluding carboxylic acids is 1. The van der Waals surface area contributed by atoms with Crippen LogP contribution >= 0.6 is 0 Å². The number of nitrogens with one attached hydrogen (secondary N) is 1. The van der Waals surface area contributed by atoms with Gasteiger partial charge in [-0.2, -0.15) is 5.26 Å². The summed E-state index contributed by atoms with van der Waals surface area (Å²) in [5.41, 5.74) is 0. The molecule has 0 saturated heterocycles. The third-order valence-electron chi connectivity index (χ3n) is 3.40. The zero-order chi connectivity index (χ0) is 12.8. The van der Waals surface area contributed by atoms with E-state index in [1.807, 2.05) is 19.9 Å². The number of carbonyl (C=O) groups is 1. The Morgan fingerprint density at radius 3 is 2.59 bits per heavy atom. The normalized spacial score (nSPS) is 27.0. The monoisotopic (exact) mass is 238 g/mol. The largest absolute Gasteiger partial charge is 0.391 e. The summed E-state index contributed by atoms with van der Waals surface area (Å²) in [6, 6.07) is 1.85. The lowest BCUT2D eigenvalue weighted by atomic mass is 9.95. The van der Waals surface area contributed by atoms with Crippen LogP contribution in [-0.4, -0.2) is 23.2 Å². The molecule has 0 spiro atoms. The highest BCUT2D eigenvalue weighted by Gasteiger charge is 2.28. The van der Waals surface area contributed by atoms with Crippen LogP contribution in [0, 0.1) is 23.2 Å². The highest BCUT2D eigenvalue weighted by molar-refractivity contribution is 5.81. The molecule has 0 aromatic heterocycles. The van der Waals surface area contributed by atoms with E-state index >= 15 is 0 Å². The van der Waals surface area contributed by atoms with Crippen molar-refractivity contribution in [3.05, 3.63) is 0 Å². The number of amides is 1. The SMILES string of the molecule is CC(C)C(C#N)C(=O)NC1CCCCCC1O. The molecule has 1 fully saturated rings. The molecular weight excluding hydrogens is 216 g/mol. The van der Waals surface area contributed by atoms with Crippen molar-refractivity contribution < 1.29 is 9.90 Å². The van der Waals surface area contributed by atoms with Crippen molar-refractivity contribution in [1.82, 2.24) is 5.32 Å². The first-order chi connectivity index (χ1) is 8.06. The Morgan fingerprint density at radius 2 is 2.00 bits per heavy atom. The van der Waals surface area contributed by atoms with E-state index in [0.29, 0.717) is 0 Å². The van der Waals surface area contributed by atoms with Crippen LogP contribution in [0.5, 0.6) is 0 Å². The zero-order valence-electron chi connectivity index (χ0n) is 10.6. The Morgan fingerprint density at radius 1 is 1.35 bits per heavy atom. The molecule has 1 aliphatic carbocycles. The molecule has 0 aliphatic heterocycles. The number of aliphatic hydroxyl groups is 1. The summed E-state index contributed by atoms with van der Waals surface area (Å²) < 4.78 is 0. The molecule has 1 rings (SSSR count). The molecule has 0 aromatic rings. The standard InChI is InChI=1S/C13H22N2O2/c1-9(2)10(8-14)13(17)15-11-6-4-3-5-7-12(11)16/h9-12,16H,3-7H2,1-2H3,(H,15,17). The lowest BCUT2D eigenvalue weighted by molar-refractivity contribution is -0.126. The number of hydrogen-bond acceptors (Lipinski definition) is 3. The van der Waals surface area contributed by atoms with Gasteiger partial charge in [0.05, 0.1) is 18.2 Å². The van der Waals surface area contributed by atoms with Gasteiger partial charge in [-0.1, -0.05) is 33.1 Å². The van der Waals surface area contributed by atoms with E-state index in [9.17, 15) is 9.90 Å². The summed E-state index contributed by atoms with van der Waals surface area (Å²) in [7, 11) is 0. The Labute approximate surface area is 103 Å². The average Bonchev–Trinajstić information content (AvgIpc) is 2.45. The van der Waals surface area contributed by atoms with Crippen LogP contribution in [0.15, 0.2) is 0 Å². The van der Waals surface area contributed by atoms with Gasteiger partial charge in [-0.15, -0.1) is 0 Å². The predicted molar refractivity (Wildman–Crippen MR) is 65.0 cm³/mol. The third kappa shape index (κ3) is 4.01. The maximum Gasteiger partial charge on any atom is 0.237 e. The fraction of sp³-hybridized carbons (Fsp3) is 0.846. The van der Waals surface area contributed by atoms with E-state index in [-0.39, 0.29) is 17.9 Å². The molecule has 0 bridgehead atoms. The smallest absolute Gasteiger partial charge is 0.237 e. The lowest BCUT2D eigenvalue weighted by Crippen LogP contribution is -2.45. The summed E-state index contributed by atoms with van der Waals surface area (Å²) in [6.07, 6.45) is 4.23. The van der Waals surface area contributed by atoms with E-state index in [2.05, 4.69) is 5.32 Å². The molecule has 2 N–H and O–H groups in total. The molecule has 0 aromatic carbocycles. The Hall–Kier alpha value is -1.08. The van der Waals surface area contributed by atoms with Crippen LogP contribution < -0.4 is 5.32 Å². The molecular formula is C13H22N2O2. The molecule has 17 heavy (non-hydrogen) atoms. The highest BCUT2D eigenvalue weighted by atomic mass is 16.3. The molecule has 3 unspecified atom stereocenters. The van der Waals surface area contributed by atoms with E-state index in [1.54, 1.807) is 0 Å². The maximum absolute atomic E-state index is 11.9. The molecule has 1 amide bonds. The molecule has 4 nitrogen and oxygen atoms in total. The Balaban J connectivity index is 2.57. The van der Waals surface area contributed by atoms with Crippen LogP contribution in [-0.2, 0) is 4.79 Å². The van der Waals surface area contributed by atoms with Crippen LogP contribution in [0.3, 0.4) is 0 Å². The van der Waals surface area contributed by atoms with Gasteiger partial charge >= 0.3 is 0 Å². The van der Waals surface area contributed by atoms with Gasteiger partial charge in [0, 0.05) is 0 Å². The van der Waals surface area contributed by atoms with Crippen molar-refractivity contribution >= 4 is 5.91 Å². The van der Waals surface area contributed by atoms with Crippen LogP contribution in [0.2, 0.25) is 0 Å². The maximum atomic E-state index is 11.9. The third-order valence-corrected chi connectivity index (χ3v) is 3.40. The first-order valence-electron chi connectivity index (χ1n) is 6.44. The van der Waals surface area contributed by atoms with E-state index in [0.717, 1.165) is 32.1 Å². The van der Waals surface area contributed by atoms with Gasteiger partial charge in [-0.25, -0.2) is 0 Å². The van der Waals surface area contributed by atoms with E-state index in [4.69, 9.17) is 5.26 Å². The van der Waals surface area contributed by atoms with Crippen molar-refractivity contribution in [3.8, 4) is 6.07 Å². The second-order valence-corrected chi connectivity index (χ2v) is 5.17. The molecule has 4 heteroatoms. The molecule has 0 radical (unpaired) electrons. The second kappa shape index (κ2) is 6.61. The summed E-state index contributed by atoms with van der Waals surface area (Å²) in [6.45, 7) is 3.72. The van der Waals surface area contributed by atoms with Gasteiger partial charge in [-0.3, -0.25) is 4.79 Å². The quantitative estimate of drug-likeness (QED) is 0.733. The number of rotatable bonds is 3. The minimum absolute atomic E-state index is 0.00270. The molecule has 3 atom stereocenters.